The number of anilines is 2. The predicted molar refractivity (Wildman–Crippen MR) is 114 cm³/mol. The van der Waals surface area contributed by atoms with Crippen LogP contribution in [0, 0.1) is 13.8 Å². The van der Waals surface area contributed by atoms with E-state index in [1.165, 1.54) is 10.6 Å². The van der Waals surface area contributed by atoms with Gasteiger partial charge in [-0.2, -0.15) is 0 Å². The van der Waals surface area contributed by atoms with E-state index < -0.39 is 16.1 Å². The van der Waals surface area contributed by atoms with Crippen molar-refractivity contribution in [3.05, 3.63) is 59.2 Å². The molecule has 28 heavy (non-hydrogen) atoms. The molecule has 0 aromatic heterocycles. The molecule has 2 aromatic rings. The molecule has 0 fully saturated rings. The van der Waals surface area contributed by atoms with Crippen molar-refractivity contribution in [2.24, 2.45) is 0 Å². The normalized spacial score (nSPS) is 15.1. The van der Waals surface area contributed by atoms with Gasteiger partial charge in [0, 0.05) is 12.2 Å². The molecule has 0 saturated heterocycles. The van der Waals surface area contributed by atoms with Crippen molar-refractivity contribution in [3.8, 4) is 0 Å². The first-order valence-corrected chi connectivity index (χ1v) is 11.5. The first kappa shape index (κ1) is 20.4. The summed E-state index contributed by atoms with van der Waals surface area (Å²) in [4.78, 5) is 15.3. The molecule has 6 heteroatoms. The molecular formula is C22H28N2O3S. The van der Waals surface area contributed by atoms with E-state index in [2.05, 4.69) is 0 Å². The summed E-state index contributed by atoms with van der Waals surface area (Å²) in [5.74, 6) is -0.167. The maximum Gasteiger partial charge on any atom is 0.250 e. The van der Waals surface area contributed by atoms with Crippen molar-refractivity contribution in [3.63, 3.8) is 0 Å². The van der Waals surface area contributed by atoms with Crippen LogP contribution in [-0.4, -0.2) is 33.2 Å². The van der Waals surface area contributed by atoms with E-state index >= 15 is 0 Å². The molecule has 5 nitrogen and oxygen atoms in total. The van der Waals surface area contributed by atoms with Crippen LogP contribution in [0.2, 0.25) is 0 Å². The third kappa shape index (κ3) is 4.07. The lowest BCUT2D eigenvalue weighted by Crippen LogP contribution is -2.52. The minimum absolute atomic E-state index is 0.167. The summed E-state index contributed by atoms with van der Waals surface area (Å²) in [6.07, 6.45) is 3.38. The number of hydrogen-bond acceptors (Lipinski definition) is 3. The molecule has 1 aliphatic rings. The van der Waals surface area contributed by atoms with Crippen LogP contribution < -0.4 is 9.21 Å². The van der Waals surface area contributed by atoms with E-state index in [-0.39, 0.29) is 5.91 Å². The summed E-state index contributed by atoms with van der Waals surface area (Å²) in [7, 11) is -3.64. The van der Waals surface area contributed by atoms with E-state index in [9.17, 15) is 13.2 Å². The third-order valence-corrected chi connectivity index (χ3v) is 6.33. The van der Waals surface area contributed by atoms with Gasteiger partial charge in [-0.3, -0.25) is 9.10 Å². The smallest absolute Gasteiger partial charge is 0.250 e. The van der Waals surface area contributed by atoms with E-state index in [1.807, 2.05) is 63.2 Å². The average molecular weight is 401 g/mol. The molecule has 0 bridgehead atoms. The van der Waals surface area contributed by atoms with Gasteiger partial charge in [-0.1, -0.05) is 31.2 Å². The molecule has 0 spiro atoms. The molecule has 1 amide bonds. The second kappa shape index (κ2) is 7.95. The summed E-state index contributed by atoms with van der Waals surface area (Å²) < 4.78 is 26.8. The van der Waals surface area contributed by atoms with Crippen LogP contribution in [0.25, 0.3) is 0 Å². The molecule has 0 N–H and O–H groups in total. The summed E-state index contributed by atoms with van der Waals surface area (Å²) in [6.45, 7) is 6.33. The van der Waals surface area contributed by atoms with Crippen molar-refractivity contribution in [2.45, 2.75) is 46.1 Å². The van der Waals surface area contributed by atoms with Crippen LogP contribution in [-0.2, 0) is 21.2 Å². The monoisotopic (exact) mass is 400 g/mol. The topological polar surface area (TPSA) is 57.7 Å². The molecule has 1 heterocycles. The number of para-hydroxylation sites is 1. The van der Waals surface area contributed by atoms with Gasteiger partial charge in [0.25, 0.3) is 5.91 Å². The highest BCUT2D eigenvalue weighted by molar-refractivity contribution is 7.92. The van der Waals surface area contributed by atoms with Crippen molar-refractivity contribution < 1.29 is 13.2 Å². The predicted octanol–water partition coefficient (Wildman–Crippen LogP) is 3.83. The minimum Gasteiger partial charge on any atom is -0.310 e. The number of nitrogens with zero attached hydrogens (tertiary/aromatic N) is 2. The van der Waals surface area contributed by atoms with E-state index in [0.29, 0.717) is 18.7 Å². The highest BCUT2D eigenvalue weighted by Gasteiger charge is 2.36. The first-order chi connectivity index (χ1) is 13.2. The van der Waals surface area contributed by atoms with E-state index in [0.717, 1.165) is 35.2 Å². The number of carbonyl (C=O) groups excluding carboxylic acids is 1. The molecular weight excluding hydrogens is 372 g/mol. The zero-order valence-electron chi connectivity index (χ0n) is 17.0. The van der Waals surface area contributed by atoms with E-state index in [1.54, 1.807) is 4.90 Å². The van der Waals surface area contributed by atoms with Crippen LogP contribution in [0.4, 0.5) is 11.4 Å². The number of sulfonamides is 1. The van der Waals surface area contributed by atoms with Crippen LogP contribution in [0.3, 0.4) is 0 Å². The Bertz CT molecular complexity index is 965. The van der Waals surface area contributed by atoms with Crippen molar-refractivity contribution in [1.29, 1.82) is 0 Å². The lowest BCUT2D eigenvalue weighted by atomic mass is 10.0. The molecule has 1 aliphatic heterocycles. The number of carbonyl (C=O) groups is 1. The first-order valence-electron chi connectivity index (χ1n) is 9.69. The molecule has 0 radical (unpaired) electrons. The van der Waals surface area contributed by atoms with Gasteiger partial charge >= 0.3 is 0 Å². The Labute approximate surface area is 168 Å². The van der Waals surface area contributed by atoms with Gasteiger partial charge in [-0.25, -0.2) is 8.42 Å². The van der Waals surface area contributed by atoms with Crippen molar-refractivity contribution in [1.82, 2.24) is 0 Å². The summed E-state index contributed by atoms with van der Waals surface area (Å²) in [5.41, 5.74) is 4.51. The molecule has 0 aliphatic carbocycles. The standard InChI is InChI=1S/C22H28N2O3S/c1-5-20(22(25)23-12-8-10-18-9-6-7-11-21(18)23)24(28(4,26)27)19-14-16(2)13-17(3)15-19/h6-7,9,11,13-15,20H,5,8,10,12H2,1-4H3/t20-/m1/s1. The number of hydrogen-bond donors (Lipinski definition) is 0. The van der Waals surface area contributed by atoms with Crippen molar-refractivity contribution >= 4 is 27.3 Å². The third-order valence-electron chi connectivity index (χ3n) is 5.15. The van der Waals surface area contributed by atoms with Crippen molar-refractivity contribution in [2.75, 3.05) is 22.0 Å². The van der Waals surface area contributed by atoms with Crippen LogP contribution in [0.15, 0.2) is 42.5 Å². The highest BCUT2D eigenvalue weighted by atomic mass is 32.2. The average Bonchev–Trinajstić information content (AvgIpc) is 2.63. The number of rotatable bonds is 5. The summed E-state index contributed by atoms with van der Waals surface area (Å²) in [5, 5.41) is 0. The fourth-order valence-corrected chi connectivity index (χ4v) is 5.25. The maximum absolute atomic E-state index is 13.5. The molecule has 150 valence electrons. The van der Waals surface area contributed by atoms with Crippen LogP contribution in [0.1, 0.15) is 36.5 Å². The highest BCUT2D eigenvalue weighted by Crippen LogP contribution is 2.31. The van der Waals surface area contributed by atoms with Gasteiger partial charge in [0.05, 0.1) is 11.9 Å². The van der Waals surface area contributed by atoms with Gasteiger partial charge in [-0.15, -0.1) is 0 Å². The molecule has 3 rings (SSSR count). The molecule has 2 aromatic carbocycles. The second-order valence-electron chi connectivity index (χ2n) is 7.55. The molecule has 0 unspecified atom stereocenters. The SMILES string of the molecule is CC[C@H](C(=O)N1CCCc2ccccc21)N(c1cc(C)cc(C)c1)S(C)(=O)=O. The van der Waals surface area contributed by atoms with Gasteiger partial charge in [0.1, 0.15) is 6.04 Å². The molecule has 1 atom stereocenters. The Kier molecular flexibility index (Phi) is 5.79. The van der Waals surface area contributed by atoms with E-state index in [4.69, 9.17) is 0 Å². The maximum atomic E-state index is 13.5. The number of aryl methyl sites for hydroxylation is 3. The zero-order chi connectivity index (χ0) is 20.5. The Hall–Kier alpha value is -2.34. The van der Waals surface area contributed by atoms with Gasteiger partial charge in [-0.05, 0) is 68.0 Å². The minimum atomic E-state index is -3.64. The Morgan fingerprint density at radius 1 is 1.14 bits per heavy atom. The largest absolute Gasteiger partial charge is 0.310 e. The number of fused-ring (bicyclic) bond motifs is 1. The Morgan fingerprint density at radius 2 is 1.79 bits per heavy atom. The fraction of sp³-hybridized carbons (Fsp3) is 0.409. The van der Waals surface area contributed by atoms with Gasteiger partial charge < -0.3 is 4.90 Å². The lowest BCUT2D eigenvalue weighted by molar-refractivity contribution is -0.119. The zero-order valence-corrected chi connectivity index (χ0v) is 17.8. The quantitative estimate of drug-likeness (QED) is 0.766. The summed E-state index contributed by atoms with van der Waals surface area (Å²) >= 11 is 0. The fourth-order valence-electron chi connectivity index (χ4n) is 4.06. The summed E-state index contributed by atoms with van der Waals surface area (Å²) in [6, 6.07) is 12.7. The van der Waals surface area contributed by atoms with Crippen LogP contribution >= 0.6 is 0 Å². The number of benzene rings is 2. The second-order valence-corrected chi connectivity index (χ2v) is 9.41. The van der Waals surface area contributed by atoms with Gasteiger partial charge in [0.15, 0.2) is 0 Å². The van der Waals surface area contributed by atoms with Crippen LogP contribution in [0.5, 0.6) is 0 Å². The Morgan fingerprint density at radius 3 is 2.39 bits per heavy atom. The number of amides is 1. The Balaban J connectivity index is 2.05. The van der Waals surface area contributed by atoms with Gasteiger partial charge in [0.2, 0.25) is 10.0 Å². The molecule has 0 saturated carbocycles. The lowest BCUT2D eigenvalue weighted by Gasteiger charge is -2.36.